The number of likely N-dealkylation sites (N-methyl/N-ethyl adjacent to an activating group) is 1. The Morgan fingerprint density at radius 2 is 0.713 bits per heavy atom. The van der Waals surface area contributed by atoms with Crippen molar-refractivity contribution in [3.05, 3.63) is 122 Å². The molecule has 0 radical (unpaired) electrons. The van der Waals surface area contributed by atoms with Crippen LogP contribution in [-0.2, 0) is 33.3 Å². The number of allylic oxidation sites excluding steroid dienone is 20. The van der Waals surface area contributed by atoms with E-state index in [4.69, 9.17) is 18.9 Å². The Kier molecular flexibility index (Phi) is 57.5. The highest BCUT2D eigenvalue weighted by molar-refractivity contribution is 5.70. The van der Waals surface area contributed by atoms with Crippen molar-refractivity contribution < 1.29 is 42.9 Å². The first-order valence-electron chi connectivity index (χ1n) is 32.2. The molecule has 0 spiro atoms. The molecule has 0 saturated carbocycles. The van der Waals surface area contributed by atoms with Crippen LogP contribution in [0.4, 0.5) is 0 Å². The molecular formula is C71H119NO8. The molecule has 0 N–H and O–H groups in total. The average molecular weight is 1110 g/mol. The number of nitrogens with zero attached hydrogens (tertiary/aromatic N) is 1. The number of quaternary nitrogens is 1. The third-order valence-electron chi connectivity index (χ3n) is 13.4. The second kappa shape index (κ2) is 60.8. The summed E-state index contributed by atoms with van der Waals surface area (Å²) in [5.41, 5.74) is 0. The van der Waals surface area contributed by atoms with Crippen LogP contribution < -0.4 is 5.11 Å². The normalized spacial score (nSPS) is 13.6. The summed E-state index contributed by atoms with van der Waals surface area (Å²) in [6.45, 7) is 4.60. The number of rotatable bonds is 58. The van der Waals surface area contributed by atoms with Gasteiger partial charge >= 0.3 is 11.9 Å². The lowest BCUT2D eigenvalue weighted by atomic mass is 10.0. The minimum Gasteiger partial charge on any atom is -0.545 e. The fraction of sp³-hybridized carbons (Fsp3) is 0.676. The van der Waals surface area contributed by atoms with Gasteiger partial charge in [0.05, 0.1) is 40.3 Å². The first kappa shape index (κ1) is 75.7. The largest absolute Gasteiger partial charge is 0.545 e. The van der Waals surface area contributed by atoms with Crippen LogP contribution in [0.1, 0.15) is 251 Å². The Morgan fingerprint density at radius 3 is 1.06 bits per heavy atom. The molecule has 0 aromatic heterocycles. The molecule has 0 fully saturated rings. The predicted molar refractivity (Wildman–Crippen MR) is 338 cm³/mol. The van der Waals surface area contributed by atoms with Gasteiger partial charge in [0, 0.05) is 12.8 Å². The van der Waals surface area contributed by atoms with E-state index in [-0.39, 0.29) is 38.6 Å². The first-order chi connectivity index (χ1) is 39.1. The summed E-state index contributed by atoms with van der Waals surface area (Å²) in [5, 5.41) is 11.8. The highest BCUT2D eigenvalue weighted by Crippen LogP contribution is 2.16. The van der Waals surface area contributed by atoms with Crippen molar-refractivity contribution in [2.24, 2.45) is 0 Å². The summed E-state index contributed by atoms with van der Waals surface area (Å²) >= 11 is 0. The summed E-state index contributed by atoms with van der Waals surface area (Å²) in [4.78, 5) is 37.3. The lowest BCUT2D eigenvalue weighted by Gasteiger charge is -2.26. The van der Waals surface area contributed by atoms with Gasteiger partial charge in [-0.1, -0.05) is 251 Å². The van der Waals surface area contributed by atoms with Crippen LogP contribution in [0.5, 0.6) is 0 Å². The Morgan fingerprint density at radius 1 is 0.388 bits per heavy atom. The van der Waals surface area contributed by atoms with Gasteiger partial charge in [-0.3, -0.25) is 9.59 Å². The number of esters is 2. The molecule has 0 saturated heterocycles. The minimum absolute atomic E-state index is 0.141. The molecule has 2 unspecified atom stereocenters. The number of ether oxygens (including phenoxy) is 4. The molecule has 0 amide bonds. The molecule has 0 bridgehead atoms. The second-order valence-corrected chi connectivity index (χ2v) is 22.3. The lowest BCUT2D eigenvalue weighted by Crippen LogP contribution is -2.44. The van der Waals surface area contributed by atoms with Crippen LogP contribution in [-0.4, -0.2) is 82.3 Å². The zero-order valence-corrected chi connectivity index (χ0v) is 51.9. The molecule has 0 aliphatic carbocycles. The Balaban J connectivity index is 4.11. The average Bonchev–Trinajstić information content (AvgIpc) is 3.43. The number of carbonyl (C=O) groups is 3. The van der Waals surface area contributed by atoms with Crippen LogP contribution in [0.15, 0.2) is 122 Å². The van der Waals surface area contributed by atoms with E-state index in [2.05, 4.69) is 135 Å². The molecular weight excluding hydrogens is 995 g/mol. The lowest BCUT2D eigenvalue weighted by molar-refractivity contribution is -0.870. The highest BCUT2D eigenvalue weighted by Gasteiger charge is 2.22. The van der Waals surface area contributed by atoms with E-state index in [1.165, 1.54) is 103 Å². The fourth-order valence-electron chi connectivity index (χ4n) is 8.52. The quantitative estimate of drug-likeness (QED) is 0.0195. The molecule has 0 aliphatic rings. The number of unbranched alkanes of at least 4 members (excludes halogenated alkanes) is 23. The zero-order valence-electron chi connectivity index (χ0n) is 51.9. The van der Waals surface area contributed by atoms with E-state index in [0.717, 1.165) is 116 Å². The van der Waals surface area contributed by atoms with E-state index in [9.17, 15) is 19.5 Å². The van der Waals surface area contributed by atoms with Gasteiger partial charge in [-0.15, -0.1) is 0 Å². The minimum atomic E-state index is -1.63. The molecule has 0 aromatic rings. The standard InChI is InChI=1S/C71H119NO8/c1-6-8-10-12-14-16-18-20-22-24-25-26-27-28-29-30-31-32-33-34-35-36-37-38-39-40-41-42-43-44-45-46-48-50-52-54-56-58-60-62-69(74)80-67(66-79-71(70(75)76)77-64-63-72(3,4)5)65-78-68(73)61-59-57-55-53-51-49-47-23-21-19-17-15-13-11-9-7-2/h8,10,14,16-17,19-20,22-23,25-26,28-29,31-32,34-35,37-38,47,67,71H,6-7,9,11-13,15,18,21,24,27,30,33,36,39-46,48-66H2,1-5H3/b10-8-,16-14-,19-17-,22-20-,26-25-,29-28-,32-31-,35-34-,38-37-,47-23-. The maximum absolute atomic E-state index is 12.9. The van der Waals surface area contributed by atoms with Crippen LogP contribution >= 0.6 is 0 Å². The molecule has 456 valence electrons. The van der Waals surface area contributed by atoms with E-state index in [1.54, 1.807) is 0 Å². The molecule has 0 aliphatic heterocycles. The zero-order chi connectivity index (χ0) is 58.3. The first-order valence-corrected chi connectivity index (χ1v) is 32.2. The van der Waals surface area contributed by atoms with Gasteiger partial charge in [0.15, 0.2) is 12.4 Å². The van der Waals surface area contributed by atoms with Crippen molar-refractivity contribution >= 4 is 17.9 Å². The SMILES string of the molecule is CC/C=C\C/C=C\C/C=C\C/C=C\C/C=C\C/C=C\C/C=C\C/C=C\CCCCCCCCCCCCCCCCC(=O)OC(COC(=O)CCCCCCC/C=C\C/C=C\CCCCCC)COC(OCC[N+](C)(C)C)C(=O)[O-]. The summed E-state index contributed by atoms with van der Waals surface area (Å²) in [5.74, 6) is -2.31. The van der Waals surface area contributed by atoms with Gasteiger partial charge in [0.1, 0.15) is 13.2 Å². The number of carboxylic acid groups (broad SMARTS) is 1. The molecule has 9 heteroatoms. The number of hydrogen-bond acceptors (Lipinski definition) is 8. The maximum Gasteiger partial charge on any atom is 0.306 e. The highest BCUT2D eigenvalue weighted by atomic mass is 16.7. The number of hydrogen-bond donors (Lipinski definition) is 0. The molecule has 0 aromatic carbocycles. The number of carboxylic acids is 1. The van der Waals surface area contributed by atoms with Gasteiger partial charge in [-0.2, -0.15) is 0 Å². The molecule has 9 nitrogen and oxygen atoms in total. The van der Waals surface area contributed by atoms with Gasteiger partial charge in [0.25, 0.3) is 0 Å². The van der Waals surface area contributed by atoms with Crippen LogP contribution in [0.25, 0.3) is 0 Å². The van der Waals surface area contributed by atoms with Crippen LogP contribution in [0.3, 0.4) is 0 Å². The van der Waals surface area contributed by atoms with Crippen molar-refractivity contribution in [2.45, 2.75) is 264 Å². The van der Waals surface area contributed by atoms with Crippen molar-refractivity contribution in [1.82, 2.24) is 0 Å². The topological polar surface area (TPSA) is 111 Å². The third-order valence-corrected chi connectivity index (χ3v) is 13.4. The number of aliphatic carboxylic acids is 1. The van der Waals surface area contributed by atoms with E-state index >= 15 is 0 Å². The van der Waals surface area contributed by atoms with Gasteiger partial charge < -0.3 is 33.3 Å². The van der Waals surface area contributed by atoms with Gasteiger partial charge in [-0.05, 0) is 109 Å². The van der Waals surface area contributed by atoms with Crippen molar-refractivity contribution in [3.63, 3.8) is 0 Å². The third kappa shape index (κ3) is 61.3. The summed E-state index contributed by atoms with van der Waals surface area (Å²) in [7, 11) is 5.91. The second-order valence-electron chi connectivity index (χ2n) is 22.3. The Bertz CT molecular complexity index is 1730. The molecule has 0 rings (SSSR count). The summed E-state index contributed by atoms with van der Waals surface area (Å²) in [6.07, 6.45) is 82.7. The van der Waals surface area contributed by atoms with Crippen LogP contribution in [0.2, 0.25) is 0 Å². The van der Waals surface area contributed by atoms with Gasteiger partial charge in [-0.25, -0.2) is 0 Å². The monoisotopic (exact) mass is 1110 g/mol. The maximum atomic E-state index is 12.9. The molecule has 2 atom stereocenters. The van der Waals surface area contributed by atoms with E-state index < -0.39 is 24.3 Å². The van der Waals surface area contributed by atoms with Crippen molar-refractivity contribution in [1.29, 1.82) is 0 Å². The summed E-state index contributed by atoms with van der Waals surface area (Å²) < 4.78 is 22.7. The molecule has 0 heterocycles. The fourth-order valence-corrected chi connectivity index (χ4v) is 8.52. The summed E-state index contributed by atoms with van der Waals surface area (Å²) in [6, 6.07) is 0. The van der Waals surface area contributed by atoms with E-state index in [0.29, 0.717) is 17.4 Å². The van der Waals surface area contributed by atoms with Crippen LogP contribution in [0, 0.1) is 0 Å². The van der Waals surface area contributed by atoms with Gasteiger partial charge in [0.2, 0.25) is 0 Å². The molecule has 80 heavy (non-hydrogen) atoms. The van der Waals surface area contributed by atoms with Crippen molar-refractivity contribution in [3.8, 4) is 0 Å². The van der Waals surface area contributed by atoms with E-state index in [1.807, 2.05) is 21.1 Å². The predicted octanol–water partition coefficient (Wildman–Crippen LogP) is 18.3. The smallest absolute Gasteiger partial charge is 0.306 e. The Hall–Kier alpha value is -4.31. The van der Waals surface area contributed by atoms with Crippen molar-refractivity contribution in [2.75, 3.05) is 47.5 Å². The number of carbonyl (C=O) groups excluding carboxylic acids is 3. The Labute approximate surface area is 491 Å².